The van der Waals surface area contributed by atoms with Crippen LogP contribution in [0.4, 0.5) is 4.79 Å². The van der Waals surface area contributed by atoms with E-state index in [1.807, 2.05) is 13.8 Å². The van der Waals surface area contributed by atoms with Crippen LogP contribution in [-0.4, -0.2) is 53.0 Å². The molecular weight excluding hydrogens is 294 g/mol. The first kappa shape index (κ1) is 20.1. The maximum Gasteiger partial charge on any atom is 0.408 e. The number of hydrogen-bond donors (Lipinski definition) is 2. The van der Waals surface area contributed by atoms with Crippen molar-refractivity contribution in [3.8, 4) is 0 Å². The maximum absolute atomic E-state index is 11.6. The first-order chi connectivity index (χ1) is 9.47. The molecule has 1 amide bonds. The Morgan fingerprint density at radius 3 is 2.24 bits per heavy atom. The van der Waals surface area contributed by atoms with Crippen molar-refractivity contribution in [2.75, 3.05) is 18.6 Å². The third-order valence-electron chi connectivity index (χ3n) is 2.67. The Kier molecular flexibility index (Phi) is 8.10. The van der Waals surface area contributed by atoms with Gasteiger partial charge in [0.25, 0.3) is 0 Å². The second-order valence-electron chi connectivity index (χ2n) is 6.33. The van der Waals surface area contributed by atoms with Crippen LogP contribution in [0.2, 0.25) is 0 Å². The molecule has 0 aromatic carbocycles. The standard InChI is InChI=1S/C14H27NO5S/c1-13(2,3)20-12(18)15-10(11(16)17)9-21-8-7-14(4,5)19-6/h10H,7-9H2,1-6H3,(H,15,18)(H,16,17). The summed E-state index contributed by atoms with van der Waals surface area (Å²) in [6, 6.07) is -0.962. The minimum atomic E-state index is -1.07. The molecule has 0 fully saturated rings. The Morgan fingerprint density at radius 1 is 1.24 bits per heavy atom. The number of carbonyl (C=O) groups excluding carboxylic acids is 1. The number of carboxylic acid groups (broad SMARTS) is 1. The molecule has 21 heavy (non-hydrogen) atoms. The molecule has 0 spiro atoms. The monoisotopic (exact) mass is 321 g/mol. The molecule has 124 valence electrons. The van der Waals surface area contributed by atoms with Crippen LogP contribution in [0.25, 0.3) is 0 Å². The van der Waals surface area contributed by atoms with Gasteiger partial charge in [-0.2, -0.15) is 11.8 Å². The zero-order valence-electron chi connectivity index (χ0n) is 13.7. The van der Waals surface area contributed by atoms with E-state index in [0.29, 0.717) is 0 Å². The molecule has 0 rings (SSSR count). The molecule has 0 heterocycles. The lowest BCUT2D eigenvalue weighted by atomic mass is 10.1. The van der Waals surface area contributed by atoms with Crippen LogP contribution < -0.4 is 5.32 Å². The van der Waals surface area contributed by atoms with Gasteiger partial charge in [0.1, 0.15) is 11.6 Å². The summed E-state index contributed by atoms with van der Waals surface area (Å²) >= 11 is 1.46. The molecule has 0 radical (unpaired) electrons. The van der Waals surface area contributed by atoms with Gasteiger partial charge >= 0.3 is 12.1 Å². The summed E-state index contributed by atoms with van der Waals surface area (Å²) in [6.07, 6.45) is 0.0835. The summed E-state index contributed by atoms with van der Waals surface area (Å²) in [5.74, 6) is -0.0333. The van der Waals surface area contributed by atoms with Gasteiger partial charge in [0, 0.05) is 12.9 Å². The molecule has 2 N–H and O–H groups in total. The molecule has 0 aliphatic rings. The van der Waals surface area contributed by atoms with Crippen LogP contribution in [0.3, 0.4) is 0 Å². The largest absolute Gasteiger partial charge is 0.480 e. The third-order valence-corrected chi connectivity index (χ3v) is 3.74. The summed E-state index contributed by atoms with van der Waals surface area (Å²) in [5, 5.41) is 11.5. The van der Waals surface area contributed by atoms with Crippen LogP contribution in [0.1, 0.15) is 41.0 Å². The molecule has 1 atom stereocenters. The minimum Gasteiger partial charge on any atom is -0.480 e. The summed E-state index contributed by atoms with van der Waals surface area (Å²) < 4.78 is 10.3. The predicted octanol–water partition coefficient (Wildman–Crippen LogP) is 2.51. The highest BCUT2D eigenvalue weighted by atomic mass is 32.2. The zero-order valence-corrected chi connectivity index (χ0v) is 14.5. The second kappa shape index (κ2) is 8.48. The molecule has 0 aliphatic heterocycles. The number of aliphatic carboxylic acids is 1. The van der Waals surface area contributed by atoms with Gasteiger partial charge in [-0.15, -0.1) is 0 Å². The number of carboxylic acids is 1. The van der Waals surface area contributed by atoms with Crippen molar-refractivity contribution < 1.29 is 24.2 Å². The number of nitrogens with one attached hydrogen (secondary N) is 1. The quantitative estimate of drug-likeness (QED) is 0.668. The van der Waals surface area contributed by atoms with Crippen molar-refractivity contribution in [3.63, 3.8) is 0 Å². The Hall–Kier alpha value is -0.950. The van der Waals surface area contributed by atoms with Gasteiger partial charge in [-0.1, -0.05) is 0 Å². The molecule has 0 aliphatic carbocycles. The van der Waals surface area contributed by atoms with E-state index in [1.54, 1.807) is 27.9 Å². The minimum absolute atomic E-state index is 0.232. The Morgan fingerprint density at radius 2 is 1.81 bits per heavy atom. The van der Waals surface area contributed by atoms with Gasteiger partial charge in [0.15, 0.2) is 0 Å². The maximum atomic E-state index is 11.6. The number of rotatable bonds is 8. The molecule has 0 saturated heterocycles. The fourth-order valence-corrected chi connectivity index (χ4v) is 2.51. The highest BCUT2D eigenvalue weighted by Crippen LogP contribution is 2.17. The topological polar surface area (TPSA) is 84.9 Å². The zero-order chi connectivity index (χ0) is 16.7. The van der Waals surface area contributed by atoms with Gasteiger partial charge in [-0.05, 0) is 46.8 Å². The molecule has 7 heteroatoms. The number of methoxy groups -OCH3 is 1. The second-order valence-corrected chi connectivity index (χ2v) is 7.48. The smallest absolute Gasteiger partial charge is 0.408 e. The highest BCUT2D eigenvalue weighted by molar-refractivity contribution is 7.99. The number of amides is 1. The lowest BCUT2D eigenvalue weighted by Crippen LogP contribution is -2.45. The fourth-order valence-electron chi connectivity index (χ4n) is 1.25. The Balaban J connectivity index is 4.21. The average molecular weight is 321 g/mol. The molecule has 0 saturated carbocycles. The summed E-state index contributed by atoms with van der Waals surface area (Å²) in [5.41, 5.74) is -0.882. The number of ether oxygens (including phenoxy) is 2. The molecule has 1 unspecified atom stereocenters. The van der Waals surface area contributed by atoms with Crippen LogP contribution in [-0.2, 0) is 14.3 Å². The fraction of sp³-hybridized carbons (Fsp3) is 0.857. The van der Waals surface area contributed by atoms with Crippen molar-refractivity contribution in [2.24, 2.45) is 0 Å². The predicted molar refractivity (Wildman–Crippen MR) is 83.8 cm³/mol. The summed E-state index contributed by atoms with van der Waals surface area (Å²) in [6.45, 7) is 9.13. The van der Waals surface area contributed by atoms with Gasteiger partial charge in [-0.3, -0.25) is 0 Å². The van der Waals surface area contributed by atoms with Crippen molar-refractivity contribution in [1.29, 1.82) is 0 Å². The highest BCUT2D eigenvalue weighted by Gasteiger charge is 2.24. The number of carbonyl (C=O) groups is 2. The normalized spacial score (nSPS) is 13.6. The Bertz CT molecular complexity index is 352. The Labute approximate surface area is 131 Å². The van der Waals surface area contributed by atoms with E-state index in [1.165, 1.54) is 11.8 Å². The summed E-state index contributed by atoms with van der Waals surface area (Å²) in [4.78, 5) is 22.7. The SMILES string of the molecule is COC(C)(C)CCSCC(NC(=O)OC(C)(C)C)C(=O)O. The van der Waals surface area contributed by atoms with E-state index in [4.69, 9.17) is 14.6 Å². The van der Waals surface area contributed by atoms with E-state index in [9.17, 15) is 9.59 Å². The molecule has 0 bridgehead atoms. The van der Waals surface area contributed by atoms with E-state index >= 15 is 0 Å². The van der Waals surface area contributed by atoms with E-state index in [-0.39, 0.29) is 11.4 Å². The van der Waals surface area contributed by atoms with Crippen molar-refractivity contribution in [2.45, 2.75) is 58.3 Å². The number of thioether (sulfide) groups is 1. The van der Waals surface area contributed by atoms with E-state index in [0.717, 1.165) is 12.2 Å². The van der Waals surface area contributed by atoms with E-state index in [2.05, 4.69) is 5.32 Å². The van der Waals surface area contributed by atoms with Gasteiger partial charge in [0.2, 0.25) is 0 Å². The van der Waals surface area contributed by atoms with Crippen LogP contribution >= 0.6 is 11.8 Å². The van der Waals surface area contributed by atoms with Crippen LogP contribution in [0.5, 0.6) is 0 Å². The van der Waals surface area contributed by atoms with Crippen molar-refractivity contribution in [1.82, 2.24) is 5.32 Å². The van der Waals surface area contributed by atoms with Crippen LogP contribution in [0, 0.1) is 0 Å². The lowest BCUT2D eigenvalue weighted by Gasteiger charge is -2.23. The van der Waals surface area contributed by atoms with Crippen molar-refractivity contribution in [3.05, 3.63) is 0 Å². The number of hydrogen-bond acceptors (Lipinski definition) is 5. The van der Waals surface area contributed by atoms with Gasteiger partial charge in [0.05, 0.1) is 5.60 Å². The van der Waals surface area contributed by atoms with Gasteiger partial charge < -0.3 is 19.9 Å². The average Bonchev–Trinajstić information content (AvgIpc) is 2.30. The van der Waals surface area contributed by atoms with Gasteiger partial charge in [-0.25, -0.2) is 9.59 Å². The first-order valence-electron chi connectivity index (χ1n) is 6.82. The molecular formula is C14H27NO5S. The lowest BCUT2D eigenvalue weighted by molar-refractivity contribution is -0.138. The van der Waals surface area contributed by atoms with E-state index < -0.39 is 23.7 Å². The van der Waals surface area contributed by atoms with Crippen LogP contribution in [0.15, 0.2) is 0 Å². The first-order valence-corrected chi connectivity index (χ1v) is 7.97. The number of alkyl carbamates (subject to hydrolysis) is 1. The molecule has 6 nitrogen and oxygen atoms in total. The molecule has 0 aromatic heterocycles. The molecule has 0 aromatic rings. The summed E-state index contributed by atoms with van der Waals surface area (Å²) in [7, 11) is 1.65. The van der Waals surface area contributed by atoms with Crippen molar-refractivity contribution >= 4 is 23.8 Å². The third kappa shape index (κ3) is 10.4.